The van der Waals surface area contributed by atoms with Crippen LogP contribution in [0.4, 0.5) is 13.2 Å². The van der Waals surface area contributed by atoms with Crippen molar-refractivity contribution in [1.82, 2.24) is 9.97 Å². The minimum absolute atomic E-state index is 0.130. The second kappa shape index (κ2) is 7.46. The second-order valence-corrected chi connectivity index (χ2v) is 7.25. The van der Waals surface area contributed by atoms with Crippen molar-refractivity contribution in [3.8, 4) is 22.5 Å². The summed E-state index contributed by atoms with van der Waals surface area (Å²) in [5.41, 5.74) is 2.43. The zero-order valence-electron chi connectivity index (χ0n) is 16.3. The van der Waals surface area contributed by atoms with E-state index in [0.717, 1.165) is 6.07 Å². The molecule has 0 amide bonds. The number of rotatable bonds is 3. The number of aromatic carboxylic acids is 1. The van der Waals surface area contributed by atoms with Crippen molar-refractivity contribution >= 4 is 27.8 Å². The van der Waals surface area contributed by atoms with E-state index in [1.54, 1.807) is 18.2 Å². The Kier molecular flexibility index (Phi) is 4.59. The summed E-state index contributed by atoms with van der Waals surface area (Å²) in [6, 6.07) is 16.5. The van der Waals surface area contributed by atoms with Crippen LogP contribution in [0, 0.1) is 17.5 Å². The molecule has 4 nitrogen and oxygen atoms in total. The standard InChI is InChI=1S/C25H13F3N2O2/c26-14-3-1-13(2-4-14)23-11-19(17-9-15(27)5-7-21(17)29-23)24-12-20(25(31)32)18-10-16(28)6-8-22(18)30-24/h1-12H,(H,31,32). The fourth-order valence-electron chi connectivity index (χ4n) is 3.69. The molecular formula is C25H13F3N2O2. The van der Waals surface area contributed by atoms with E-state index < -0.39 is 23.4 Å². The van der Waals surface area contributed by atoms with Gasteiger partial charge < -0.3 is 5.11 Å². The molecule has 0 fully saturated rings. The van der Waals surface area contributed by atoms with Crippen molar-refractivity contribution in [2.45, 2.75) is 0 Å². The van der Waals surface area contributed by atoms with Crippen LogP contribution in [0.25, 0.3) is 44.3 Å². The van der Waals surface area contributed by atoms with Crippen LogP contribution in [0.1, 0.15) is 10.4 Å². The second-order valence-electron chi connectivity index (χ2n) is 7.25. The van der Waals surface area contributed by atoms with Gasteiger partial charge in [0.25, 0.3) is 0 Å². The Morgan fingerprint density at radius 1 is 0.656 bits per heavy atom. The van der Waals surface area contributed by atoms with Gasteiger partial charge in [0.15, 0.2) is 0 Å². The monoisotopic (exact) mass is 430 g/mol. The van der Waals surface area contributed by atoms with Gasteiger partial charge in [-0.25, -0.2) is 27.9 Å². The first-order valence-corrected chi connectivity index (χ1v) is 9.59. The molecule has 156 valence electrons. The van der Waals surface area contributed by atoms with Gasteiger partial charge in [-0.1, -0.05) is 0 Å². The molecule has 0 saturated carbocycles. The fraction of sp³-hybridized carbons (Fsp3) is 0. The van der Waals surface area contributed by atoms with Gasteiger partial charge in [0.2, 0.25) is 0 Å². The number of carboxylic acid groups (broad SMARTS) is 1. The number of hydrogen-bond donors (Lipinski definition) is 1. The molecule has 32 heavy (non-hydrogen) atoms. The first-order valence-electron chi connectivity index (χ1n) is 9.59. The quantitative estimate of drug-likeness (QED) is 0.368. The van der Waals surface area contributed by atoms with Crippen LogP contribution in [0.2, 0.25) is 0 Å². The zero-order chi connectivity index (χ0) is 22.4. The molecule has 0 radical (unpaired) electrons. The molecule has 0 saturated heterocycles. The molecule has 2 heterocycles. The summed E-state index contributed by atoms with van der Waals surface area (Å²) in [6.45, 7) is 0. The summed E-state index contributed by atoms with van der Waals surface area (Å²) in [4.78, 5) is 21.0. The van der Waals surface area contributed by atoms with Crippen LogP contribution in [-0.2, 0) is 0 Å². The van der Waals surface area contributed by atoms with E-state index in [4.69, 9.17) is 0 Å². The third-order valence-electron chi connectivity index (χ3n) is 5.19. The lowest BCUT2D eigenvalue weighted by Crippen LogP contribution is -2.01. The fourth-order valence-corrected chi connectivity index (χ4v) is 3.69. The SMILES string of the molecule is O=C(O)c1cc(-c2cc(-c3ccc(F)cc3)nc3ccc(F)cc23)nc2ccc(F)cc12. The van der Waals surface area contributed by atoms with Gasteiger partial charge in [0, 0.05) is 21.9 Å². The Balaban J connectivity index is 1.84. The largest absolute Gasteiger partial charge is 0.478 e. The maximum absolute atomic E-state index is 14.1. The van der Waals surface area contributed by atoms with E-state index in [-0.39, 0.29) is 22.2 Å². The Morgan fingerprint density at radius 2 is 1.22 bits per heavy atom. The smallest absolute Gasteiger partial charge is 0.336 e. The first kappa shape index (κ1) is 19.7. The minimum Gasteiger partial charge on any atom is -0.478 e. The van der Waals surface area contributed by atoms with Crippen molar-refractivity contribution in [2.24, 2.45) is 0 Å². The molecule has 0 aliphatic rings. The van der Waals surface area contributed by atoms with Crippen molar-refractivity contribution in [3.05, 3.63) is 95.8 Å². The normalized spacial score (nSPS) is 11.2. The molecule has 0 spiro atoms. The van der Waals surface area contributed by atoms with Gasteiger partial charge in [-0.15, -0.1) is 0 Å². The number of halogens is 3. The molecule has 3 aromatic carbocycles. The lowest BCUT2D eigenvalue weighted by Gasteiger charge is -2.12. The third-order valence-corrected chi connectivity index (χ3v) is 5.19. The Labute approximate surface area is 179 Å². The summed E-state index contributed by atoms with van der Waals surface area (Å²) in [5.74, 6) is -2.71. The molecule has 0 atom stereocenters. The number of fused-ring (bicyclic) bond motifs is 2. The number of aromatic nitrogens is 2. The molecule has 2 aromatic heterocycles. The van der Waals surface area contributed by atoms with Crippen LogP contribution in [0.5, 0.6) is 0 Å². The molecule has 5 rings (SSSR count). The topological polar surface area (TPSA) is 63.1 Å². The van der Waals surface area contributed by atoms with Crippen LogP contribution >= 0.6 is 0 Å². The predicted molar refractivity (Wildman–Crippen MR) is 115 cm³/mol. The Hall–Kier alpha value is -4.26. The number of nitrogens with zero attached hydrogens (tertiary/aromatic N) is 2. The Morgan fingerprint density at radius 3 is 1.88 bits per heavy atom. The first-order chi connectivity index (χ1) is 15.4. The lowest BCUT2D eigenvalue weighted by atomic mass is 9.99. The maximum atomic E-state index is 14.1. The van der Waals surface area contributed by atoms with E-state index in [0.29, 0.717) is 27.7 Å². The molecule has 1 N–H and O–H groups in total. The van der Waals surface area contributed by atoms with Gasteiger partial charge in [-0.2, -0.15) is 0 Å². The van der Waals surface area contributed by atoms with Crippen molar-refractivity contribution < 1.29 is 23.1 Å². The highest BCUT2D eigenvalue weighted by molar-refractivity contribution is 6.05. The molecule has 0 bridgehead atoms. The highest BCUT2D eigenvalue weighted by atomic mass is 19.1. The van der Waals surface area contributed by atoms with Crippen molar-refractivity contribution in [2.75, 3.05) is 0 Å². The molecular weight excluding hydrogens is 417 g/mol. The third kappa shape index (κ3) is 3.43. The Bertz CT molecular complexity index is 1530. The number of carboxylic acids is 1. The summed E-state index contributed by atoms with van der Waals surface area (Å²) in [6.07, 6.45) is 0. The van der Waals surface area contributed by atoms with Crippen molar-refractivity contribution in [3.63, 3.8) is 0 Å². The van der Waals surface area contributed by atoms with Gasteiger partial charge in [-0.3, -0.25) is 0 Å². The number of carbonyl (C=O) groups is 1. The summed E-state index contributed by atoms with van der Waals surface area (Å²) in [7, 11) is 0. The van der Waals surface area contributed by atoms with Gasteiger partial charge in [-0.05, 0) is 72.8 Å². The zero-order valence-corrected chi connectivity index (χ0v) is 16.3. The van der Waals surface area contributed by atoms with E-state index in [2.05, 4.69) is 9.97 Å². The molecule has 7 heteroatoms. The van der Waals surface area contributed by atoms with E-state index in [1.165, 1.54) is 48.5 Å². The average Bonchev–Trinajstić information content (AvgIpc) is 2.78. The van der Waals surface area contributed by atoms with E-state index in [1.807, 2.05) is 0 Å². The molecule has 5 aromatic rings. The van der Waals surface area contributed by atoms with Crippen LogP contribution in [0.3, 0.4) is 0 Å². The summed E-state index contributed by atoms with van der Waals surface area (Å²) in [5, 5.41) is 10.3. The van der Waals surface area contributed by atoms with Crippen LogP contribution < -0.4 is 0 Å². The number of benzene rings is 3. The maximum Gasteiger partial charge on any atom is 0.336 e. The molecule has 0 aliphatic carbocycles. The minimum atomic E-state index is -1.24. The number of pyridine rings is 2. The van der Waals surface area contributed by atoms with Gasteiger partial charge in [0.1, 0.15) is 17.5 Å². The average molecular weight is 430 g/mol. The van der Waals surface area contributed by atoms with E-state index >= 15 is 0 Å². The predicted octanol–water partition coefficient (Wildman–Crippen LogP) is 6.23. The summed E-state index contributed by atoms with van der Waals surface area (Å²) < 4.78 is 41.2. The highest BCUT2D eigenvalue weighted by Gasteiger charge is 2.17. The van der Waals surface area contributed by atoms with Crippen LogP contribution in [0.15, 0.2) is 72.8 Å². The summed E-state index contributed by atoms with van der Waals surface area (Å²) >= 11 is 0. The lowest BCUT2D eigenvalue weighted by molar-refractivity contribution is 0.0699. The van der Waals surface area contributed by atoms with E-state index in [9.17, 15) is 23.1 Å². The van der Waals surface area contributed by atoms with Gasteiger partial charge in [0.05, 0.1) is 28.0 Å². The van der Waals surface area contributed by atoms with Gasteiger partial charge >= 0.3 is 5.97 Å². The molecule has 0 aliphatic heterocycles. The number of hydrogen-bond acceptors (Lipinski definition) is 3. The van der Waals surface area contributed by atoms with Crippen LogP contribution in [-0.4, -0.2) is 21.0 Å². The van der Waals surface area contributed by atoms with Crippen molar-refractivity contribution in [1.29, 1.82) is 0 Å². The molecule has 0 unspecified atom stereocenters. The highest BCUT2D eigenvalue weighted by Crippen LogP contribution is 2.34.